The molecule has 5 heteroatoms. The third-order valence-corrected chi connectivity index (χ3v) is 10.6. The normalized spacial score (nSPS) is 25.3. The first-order chi connectivity index (χ1) is 17.2. The van der Waals surface area contributed by atoms with Crippen LogP contribution < -0.4 is 9.47 Å². The van der Waals surface area contributed by atoms with Crippen molar-refractivity contribution in [3.8, 4) is 17.6 Å². The van der Waals surface area contributed by atoms with Gasteiger partial charge in [0.25, 0.3) is 0 Å². The van der Waals surface area contributed by atoms with Crippen LogP contribution in [0.15, 0.2) is 58.3 Å². The van der Waals surface area contributed by atoms with Crippen molar-refractivity contribution in [1.29, 1.82) is 5.26 Å². The number of hydrogen-bond acceptors (Lipinski definition) is 5. The third kappa shape index (κ3) is 5.39. The minimum Gasteiger partial charge on any atom is -0.493 e. The molecule has 0 N–H and O–H groups in total. The van der Waals surface area contributed by atoms with Crippen molar-refractivity contribution < 1.29 is 9.47 Å². The molecule has 0 bridgehead atoms. The fraction of sp³-hybridized carbons (Fsp3) is 0.500. The lowest BCUT2D eigenvalue weighted by atomic mass is 9.61. The van der Waals surface area contributed by atoms with Crippen LogP contribution in [0.3, 0.4) is 0 Å². The van der Waals surface area contributed by atoms with Gasteiger partial charge in [-0.25, -0.2) is 0 Å². The van der Waals surface area contributed by atoms with E-state index < -0.39 is 5.41 Å². The van der Waals surface area contributed by atoms with Crippen LogP contribution in [0.25, 0.3) is 0 Å². The molecule has 2 atom stereocenters. The van der Waals surface area contributed by atoms with E-state index in [0.29, 0.717) is 0 Å². The van der Waals surface area contributed by atoms with Crippen LogP contribution in [-0.4, -0.2) is 24.7 Å². The zero-order valence-electron chi connectivity index (χ0n) is 20.6. The number of rotatable bonds is 6. The standard InChI is InChI=1S/C30H35NO2S2/c1-32-27-13-12-24(20-28(27)33-26-10-5-6-11-26)30(21-31)15-14-23(29-34-16-7-17-35-29)19-25(30)18-22-8-3-2-4-9-22/h2-4,8-9,12-13,20,25-26H,5-7,10-11,14-19H2,1H3. The summed E-state index contributed by atoms with van der Waals surface area (Å²) in [5, 5.41) is 10.8. The predicted octanol–water partition coefficient (Wildman–Crippen LogP) is 7.90. The highest BCUT2D eigenvalue weighted by atomic mass is 32.2. The zero-order valence-corrected chi connectivity index (χ0v) is 22.3. The van der Waals surface area contributed by atoms with E-state index in [1.807, 2.05) is 29.6 Å². The van der Waals surface area contributed by atoms with Gasteiger partial charge in [-0.05, 0) is 104 Å². The van der Waals surface area contributed by atoms with Crippen LogP contribution in [0, 0.1) is 17.2 Å². The molecule has 2 aromatic carbocycles. The smallest absolute Gasteiger partial charge is 0.161 e. The summed E-state index contributed by atoms with van der Waals surface area (Å²) in [5.41, 5.74) is 3.43. The summed E-state index contributed by atoms with van der Waals surface area (Å²) in [7, 11) is 1.70. The van der Waals surface area contributed by atoms with Crippen LogP contribution >= 0.6 is 23.5 Å². The van der Waals surface area contributed by atoms with Gasteiger partial charge < -0.3 is 9.47 Å². The van der Waals surface area contributed by atoms with E-state index >= 15 is 0 Å². The number of thioether (sulfide) groups is 2. The largest absolute Gasteiger partial charge is 0.493 e. The molecule has 184 valence electrons. The summed E-state index contributed by atoms with van der Waals surface area (Å²) >= 11 is 4.06. The summed E-state index contributed by atoms with van der Waals surface area (Å²) in [5.74, 6) is 4.23. The van der Waals surface area contributed by atoms with Crippen LogP contribution in [0.5, 0.6) is 11.5 Å². The lowest BCUT2D eigenvalue weighted by Crippen LogP contribution is -2.39. The molecule has 2 unspecified atom stereocenters. The molecule has 1 heterocycles. The first kappa shape index (κ1) is 24.7. The van der Waals surface area contributed by atoms with Crippen molar-refractivity contribution in [2.75, 3.05) is 18.6 Å². The van der Waals surface area contributed by atoms with E-state index in [1.165, 1.54) is 40.6 Å². The van der Waals surface area contributed by atoms with Crippen molar-refractivity contribution in [3.63, 3.8) is 0 Å². The van der Waals surface area contributed by atoms with E-state index in [2.05, 4.69) is 48.5 Å². The Hall–Kier alpha value is -2.03. The Morgan fingerprint density at radius 3 is 2.49 bits per heavy atom. The average molecular weight is 506 g/mol. The van der Waals surface area contributed by atoms with Crippen molar-refractivity contribution in [2.24, 2.45) is 5.92 Å². The minimum atomic E-state index is -0.538. The molecule has 0 amide bonds. The number of nitrogens with zero attached hydrogens (tertiary/aromatic N) is 1. The molecule has 1 aliphatic heterocycles. The Kier molecular flexibility index (Phi) is 8.00. The molecule has 5 rings (SSSR count). The van der Waals surface area contributed by atoms with Gasteiger partial charge in [-0.3, -0.25) is 0 Å². The molecule has 2 aromatic rings. The first-order valence-electron chi connectivity index (χ1n) is 13.0. The Labute approximate surface area is 218 Å². The number of methoxy groups -OCH3 is 1. The number of ether oxygens (including phenoxy) is 2. The number of nitriles is 1. The lowest BCUT2D eigenvalue weighted by molar-refractivity contribution is 0.199. The van der Waals surface area contributed by atoms with E-state index in [9.17, 15) is 5.26 Å². The summed E-state index contributed by atoms with van der Waals surface area (Å²) in [6, 6.07) is 19.8. The maximum absolute atomic E-state index is 10.8. The topological polar surface area (TPSA) is 42.2 Å². The van der Waals surface area contributed by atoms with E-state index in [1.54, 1.807) is 12.7 Å². The molecule has 3 aliphatic rings. The number of hydrogen-bond donors (Lipinski definition) is 0. The highest BCUT2D eigenvalue weighted by Crippen LogP contribution is 2.51. The van der Waals surface area contributed by atoms with Crippen molar-refractivity contribution in [3.05, 3.63) is 69.5 Å². The Morgan fingerprint density at radius 1 is 1.00 bits per heavy atom. The van der Waals surface area contributed by atoms with Crippen LogP contribution in [-0.2, 0) is 11.8 Å². The Balaban J connectivity index is 1.51. The molecule has 2 saturated carbocycles. The van der Waals surface area contributed by atoms with Gasteiger partial charge in [-0.2, -0.15) is 5.26 Å². The van der Waals surface area contributed by atoms with E-state index in [0.717, 1.165) is 55.6 Å². The first-order valence-corrected chi connectivity index (χ1v) is 15.0. The maximum Gasteiger partial charge on any atom is 0.161 e. The van der Waals surface area contributed by atoms with Gasteiger partial charge in [0.15, 0.2) is 11.5 Å². The summed E-state index contributed by atoms with van der Waals surface area (Å²) < 4.78 is 13.6. The van der Waals surface area contributed by atoms with Gasteiger partial charge in [0.1, 0.15) is 0 Å². The van der Waals surface area contributed by atoms with Crippen LogP contribution in [0.4, 0.5) is 0 Å². The van der Waals surface area contributed by atoms with Crippen molar-refractivity contribution >= 4 is 23.5 Å². The van der Waals surface area contributed by atoms with Crippen molar-refractivity contribution in [1.82, 2.24) is 0 Å². The third-order valence-electron chi connectivity index (χ3n) is 7.85. The molecule has 35 heavy (non-hydrogen) atoms. The second kappa shape index (κ2) is 11.4. The molecular weight excluding hydrogens is 470 g/mol. The molecule has 0 spiro atoms. The Morgan fingerprint density at radius 2 is 1.77 bits per heavy atom. The Bertz CT molecular complexity index is 1080. The van der Waals surface area contributed by atoms with E-state index in [-0.39, 0.29) is 12.0 Å². The highest BCUT2D eigenvalue weighted by Gasteiger charge is 2.45. The summed E-state index contributed by atoms with van der Waals surface area (Å²) in [6.07, 6.45) is 9.93. The fourth-order valence-electron chi connectivity index (χ4n) is 5.91. The van der Waals surface area contributed by atoms with Gasteiger partial charge in [-0.1, -0.05) is 36.4 Å². The number of allylic oxidation sites excluding steroid dienone is 1. The monoisotopic (exact) mass is 505 g/mol. The zero-order chi connectivity index (χ0) is 24.1. The molecule has 1 saturated heterocycles. The van der Waals surface area contributed by atoms with Gasteiger partial charge >= 0.3 is 0 Å². The predicted molar refractivity (Wildman–Crippen MR) is 147 cm³/mol. The average Bonchev–Trinajstić information content (AvgIpc) is 3.43. The van der Waals surface area contributed by atoms with E-state index in [4.69, 9.17) is 9.47 Å². The lowest BCUT2D eigenvalue weighted by Gasteiger charge is -2.41. The van der Waals surface area contributed by atoms with Crippen LogP contribution in [0.1, 0.15) is 62.5 Å². The molecular formula is C30H35NO2S2. The number of benzene rings is 2. The molecule has 3 nitrogen and oxygen atoms in total. The summed E-state index contributed by atoms with van der Waals surface area (Å²) in [4.78, 5) is 0. The fourth-order valence-corrected chi connectivity index (χ4v) is 8.66. The van der Waals surface area contributed by atoms with Crippen molar-refractivity contribution in [2.45, 2.75) is 69.3 Å². The second-order valence-corrected chi connectivity index (χ2v) is 12.5. The molecule has 0 radical (unpaired) electrons. The molecule has 3 fully saturated rings. The second-order valence-electron chi connectivity index (χ2n) is 10.0. The highest BCUT2D eigenvalue weighted by molar-refractivity contribution is 8.22. The molecule has 2 aliphatic carbocycles. The van der Waals surface area contributed by atoms with Gasteiger partial charge in [-0.15, -0.1) is 23.5 Å². The minimum absolute atomic E-state index is 0.224. The van der Waals surface area contributed by atoms with Crippen LogP contribution in [0.2, 0.25) is 0 Å². The van der Waals surface area contributed by atoms with Gasteiger partial charge in [0.05, 0.1) is 24.7 Å². The van der Waals surface area contributed by atoms with Gasteiger partial charge in [0, 0.05) is 4.24 Å². The summed E-state index contributed by atoms with van der Waals surface area (Å²) in [6.45, 7) is 0. The SMILES string of the molecule is COc1ccc(C2(C#N)CCC(=C3SCCCS3)CC2Cc2ccccc2)cc1OC1CCCC1. The van der Waals surface area contributed by atoms with Gasteiger partial charge in [0.2, 0.25) is 0 Å². The maximum atomic E-state index is 10.8. The quantitative estimate of drug-likeness (QED) is 0.399. The molecule has 0 aromatic heterocycles.